The lowest BCUT2D eigenvalue weighted by molar-refractivity contribution is -0.385. The third-order valence-electron chi connectivity index (χ3n) is 4.85. The number of rotatable bonds is 6. The number of non-ortho nitro benzene ring substituents is 1. The summed E-state index contributed by atoms with van der Waals surface area (Å²) in [5.41, 5.74) is 1.87. The van der Waals surface area contributed by atoms with E-state index < -0.39 is 9.85 Å². The topological polar surface area (TPSA) is 122 Å². The second-order valence-electron chi connectivity index (χ2n) is 6.84. The normalized spacial score (nSPS) is 14.4. The van der Waals surface area contributed by atoms with Gasteiger partial charge >= 0.3 is 0 Å². The lowest BCUT2D eigenvalue weighted by atomic mass is 10.2. The maximum Gasteiger partial charge on any atom is 0.274 e. The lowest BCUT2D eigenvalue weighted by Gasteiger charge is -2.35. The first-order chi connectivity index (χ1) is 13.8. The Bertz CT molecular complexity index is 923. The summed E-state index contributed by atoms with van der Waals surface area (Å²) in [5.74, 6) is -0.230. The molecular formula is C19H21N5O5. The summed E-state index contributed by atoms with van der Waals surface area (Å²) in [7, 11) is 0. The van der Waals surface area contributed by atoms with E-state index in [2.05, 4.69) is 10.2 Å². The molecule has 0 aromatic heterocycles. The van der Waals surface area contributed by atoms with E-state index in [9.17, 15) is 25.0 Å². The minimum Gasteiger partial charge on any atom is -0.369 e. The third-order valence-corrected chi connectivity index (χ3v) is 4.85. The van der Waals surface area contributed by atoms with Gasteiger partial charge in [-0.2, -0.15) is 0 Å². The van der Waals surface area contributed by atoms with Crippen LogP contribution in [0, 0.1) is 27.2 Å². The van der Waals surface area contributed by atoms with Crippen molar-refractivity contribution >= 4 is 28.7 Å². The van der Waals surface area contributed by atoms with Crippen LogP contribution < -0.4 is 10.2 Å². The number of carbonyl (C=O) groups is 1. The first-order valence-electron chi connectivity index (χ1n) is 9.10. The molecule has 29 heavy (non-hydrogen) atoms. The fourth-order valence-corrected chi connectivity index (χ4v) is 3.24. The number of nitrogens with zero attached hydrogens (tertiary/aromatic N) is 4. The average molecular weight is 399 g/mol. The van der Waals surface area contributed by atoms with Crippen molar-refractivity contribution in [2.45, 2.75) is 6.92 Å². The summed E-state index contributed by atoms with van der Waals surface area (Å²) in [4.78, 5) is 37.3. The van der Waals surface area contributed by atoms with Crippen LogP contribution in [0.3, 0.4) is 0 Å². The SMILES string of the molecule is Cc1ccc(NC(=O)CN2CCN(c3ccc([N+](=O)[O-])cc3)CC2)cc1[N+](=O)[O-]. The summed E-state index contributed by atoms with van der Waals surface area (Å²) >= 11 is 0. The maximum atomic E-state index is 12.3. The van der Waals surface area contributed by atoms with Crippen LogP contribution in [0.25, 0.3) is 0 Å². The highest BCUT2D eigenvalue weighted by molar-refractivity contribution is 5.92. The lowest BCUT2D eigenvalue weighted by Crippen LogP contribution is -2.48. The van der Waals surface area contributed by atoms with Crippen LogP contribution in [-0.2, 0) is 4.79 Å². The van der Waals surface area contributed by atoms with E-state index in [0.29, 0.717) is 37.4 Å². The summed E-state index contributed by atoms with van der Waals surface area (Å²) in [6, 6.07) is 11.0. The molecule has 0 unspecified atom stereocenters. The molecule has 152 valence electrons. The minimum atomic E-state index is -0.470. The molecule has 3 rings (SSSR count). The predicted octanol–water partition coefficient (Wildman–Crippen LogP) is 2.57. The summed E-state index contributed by atoms with van der Waals surface area (Å²) in [6.45, 7) is 4.56. The average Bonchev–Trinajstić information content (AvgIpc) is 2.70. The molecule has 1 aliphatic rings. The van der Waals surface area contributed by atoms with Gasteiger partial charge in [-0.25, -0.2) is 0 Å². The van der Waals surface area contributed by atoms with Gasteiger partial charge in [-0.15, -0.1) is 0 Å². The molecule has 0 bridgehead atoms. The van der Waals surface area contributed by atoms with Gasteiger partial charge < -0.3 is 10.2 Å². The Morgan fingerprint density at radius 3 is 2.24 bits per heavy atom. The molecule has 0 aliphatic carbocycles. The molecule has 2 aromatic carbocycles. The van der Waals surface area contributed by atoms with E-state index in [4.69, 9.17) is 0 Å². The molecular weight excluding hydrogens is 378 g/mol. The van der Waals surface area contributed by atoms with Crippen LogP contribution >= 0.6 is 0 Å². The number of hydrogen-bond acceptors (Lipinski definition) is 7. The number of nitro benzene ring substituents is 2. The van der Waals surface area contributed by atoms with Crippen molar-refractivity contribution in [2.24, 2.45) is 0 Å². The Balaban J connectivity index is 1.51. The summed E-state index contributed by atoms with van der Waals surface area (Å²) < 4.78 is 0. The molecule has 1 heterocycles. The van der Waals surface area contributed by atoms with E-state index in [0.717, 1.165) is 5.69 Å². The van der Waals surface area contributed by atoms with Gasteiger partial charge in [0.1, 0.15) is 0 Å². The Hall–Kier alpha value is -3.53. The highest BCUT2D eigenvalue weighted by Gasteiger charge is 2.20. The largest absolute Gasteiger partial charge is 0.369 e. The van der Waals surface area contributed by atoms with Gasteiger partial charge in [0.15, 0.2) is 0 Å². The number of benzene rings is 2. The number of anilines is 2. The van der Waals surface area contributed by atoms with Gasteiger partial charge in [-0.3, -0.25) is 29.9 Å². The van der Waals surface area contributed by atoms with Crippen LogP contribution in [0.4, 0.5) is 22.7 Å². The Morgan fingerprint density at radius 1 is 1.00 bits per heavy atom. The molecule has 1 N–H and O–H groups in total. The van der Waals surface area contributed by atoms with Crippen molar-refractivity contribution < 1.29 is 14.6 Å². The molecule has 0 spiro atoms. The zero-order valence-corrected chi connectivity index (χ0v) is 15.9. The standard InChI is InChI=1S/C19H21N5O5/c1-14-2-3-15(12-18(14)24(28)29)20-19(25)13-21-8-10-22(11-9-21)16-4-6-17(7-5-16)23(26)27/h2-7,12H,8-11,13H2,1H3,(H,20,25). The van der Waals surface area contributed by atoms with Gasteiger partial charge in [-0.05, 0) is 25.1 Å². The van der Waals surface area contributed by atoms with Crippen LogP contribution in [0.2, 0.25) is 0 Å². The molecule has 10 heteroatoms. The quantitative estimate of drug-likeness (QED) is 0.585. The first-order valence-corrected chi connectivity index (χ1v) is 9.10. The Morgan fingerprint density at radius 2 is 1.66 bits per heavy atom. The smallest absolute Gasteiger partial charge is 0.274 e. The van der Waals surface area contributed by atoms with Gasteiger partial charge in [0, 0.05) is 61.3 Å². The van der Waals surface area contributed by atoms with Crippen molar-refractivity contribution in [3.63, 3.8) is 0 Å². The van der Waals surface area contributed by atoms with Crippen molar-refractivity contribution in [3.8, 4) is 0 Å². The highest BCUT2D eigenvalue weighted by Crippen LogP contribution is 2.23. The fraction of sp³-hybridized carbons (Fsp3) is 0.316. The Labute approximate surface area is 167 Å². The molecule has 2 aromatic rings. The zero-order chi connectivity index (χ0) is 21.0. The Kier molecular flexibility index (Phi) is 6.03. The van der Waals surface area contributed by atoms with E-state index in [1.807, 2.05) is 4.90 Å². The maximum absolute atomic E-state index is 12.3. The summed E-state index contributed by atoms with van der Waals surface area (Å²) in [5, 5.41) is 24.5. The molecule has 1 amide bonds. The van der Waals surface area contributed by atoms with Gasteiger partial charge in [0.25, 0.3) is 11.4 Å². The molecule has 1 aliphatic heterocycles. The molecule has 10 nitrogen and oxygen atoms in total. The van der Waals surface area contributed by atoms with E-state index in [1.165, 1.54) is 18.2 Å². The van der Waals surface area contributed by atoms with Crippen LogP contribution in [0.5, 0.6) is 0 Å². The number of nitro groups is 2. The van der Waals surface area contributed by atoms with Crippen LogP contribution in [0.15, 0.2) is 42.5 Å². The minimum absolute atomic E-state index is 0.0282. The van der Waals surface area contributed by atoms with Crippen LogP contribution in [-0.4, -0.2) is 53.4 Å². The van der Waals surface area contributed by atoms with E-state index in [1.54, 1.807) is 31.2 Å². The molecule has 0 atom stereocenters. The first kappa shape index (κ1) is 20.2. The van der Waals surface area contributed by atoms with Crippen molar-refractivity contribution in [3.05, 3.63) is 68.3 Å². The number of amides is 1. The second kappa shape index (κ2) is 8.65. The molecule has 1 saturated heterocycles. The van der Waals surface area contributed by atoms with E-state index >= 15 is 0 Å². The fourth-order valence-electron chi connectivity index (χ4n) is 3.24. The number of nitrogens with one attached hydrogen (secondary N) is 1. The zero-order valence-electron chi connectivity index (χ0n) is 15.9. The number of carbonyl (C=O) groups excluding carboxylic acids is 1. The van der Waals surface area contributed by atoms with Gasteiger partial charge in [-0.1, -0.05) is 6.07 Å². The number of piperazine rings is 1. The van der Waals surface area contributed by atoms with Gasteiger partial charge in [0.05, 0.1) is 16.4 Å². The van der Waals surface area contributed by atoms with Gasteiger partial charge in [0.2, 0.25) is 5.91 Å². The monoisotopic (exact) mass is 399 g/mol. The number of aryl methyl sites for hydroxylation is 1. The molecule has 1 fully saturated rings. The van der Waals surface area contributed by atoms with Crippen molar-refractivity contribution in [2.75, 3.05) is 42.9 Å². The molecule has 0 radical (unpaired) electrons. The van der Waals surface area contributed by atoms with Crippen molar-refractivity contribution in [1.29, 1.82) is 0 Å². The van der Waals surface area contributed by atoms with Crippen LogP contribution in [0.1, 0.15) is 5.56 Å². The third kappa shape index (κ3) is 5.05. The predicted molar refractivity (Wildman–Crippen MR) is 108 cm³/mol. The number of hydrogen-bond donors (Lipinski definition) is 1. The second-order valence-corrected chi connectivity index (χ2v) is 6.84. The van der Waals surface area contributed by atoms with E-state index in [-0.39, 0.29) is 23.8 Å². The van der Waals surface area contributed by atoms with Crippen molar-refractivity contribution in [1.82, 2.24) is 4.90 Å². The summed E-state index contributed by atoms with van der Waals surface area (Å²) in [6.07, 6.45) is 0. The molecule has 0 saturated carbocycles. The highest BCUT2D eigenvalue weighted by atomic mass is 16.6.